The van der Waals surface area contributed by atoms with Crippen LogP contribution in [0.1, 0.15) is 5.56 Å². The molecule has 0 heterocycles. The zero-order chi connectivity index (χ0) is 10.6. The van der Waals surface area contributed by atoms with Gasteiger partial charge in [-0.15, -0.1) is 0 Å². The molecule has 0 radical (unpaired) electrons. The molecule has 0 spiro atoms. The van der Waals surface area contributed by atoms with Crippen LogP contribution in [-0.2, 0) is 0 Å². The number of nitrogens with zero attached hydrogens (tertiary/aromatic N) is 2. The minimum absolute atomic E-state index is 0.120. The molecule has 0 fully saturated rings. The van der Waals surface area contributed by atoms with Gasteiger partial charge in [-0.1, -0.05) is 6.07 Å². The highest BCUT2D eigenvalue weighted by Crippen LogP contribution is 2.27. The molecule has 0 saturated carbocycles. The third-order valence-corrected chi connectivity index (χ3v) is 1.60. The van der Waals surface area contributed by atoms with Crippen molar-refractivity contribution in [2.75, 3.05) is 6.61 Å². The molecule has 0 saturated heterocycles. The number of benzene rings is 1. The van der Waals surface area contributed by atoms with Crippen LogP contribution in [0.3, 0.4) is 0 Å². The Morgan fingerprint density at radius 3 is 2.93 bits per heavy atom. The molecule has 0 aliphatic rings. The van der Waals surface area contributed by atoms with Gasteiger partial charge < -0.3 is 4.74 Å². The van der Waals surface area contributed by atoms with Gasteiger partial charge in [0.15, 0.2) is 12.4 Å². The van der Waals surface area contributed by atoms with E-state index in [2.05, 4.69) is 0 Å². The second-order valence-corrected chi connectivity index (χ2v) is 2.68. The molecule has 5 nitrogen and oxygen atoms in total. The quantitative estimate of drug-likeness (QED) is 0.540. The van der Waals surface area contributed by atoms with E-state index in [0.29, 0.717) is 0 Å². The van der Waals surface area contributed by atoms with Gasteiger partial charge in [0.2, 0.25) is 0 Å². The molecule has 0 N–H and O–H groups in total. The second-order valence-electron chi connectivity index (χ2n) is 2.68. The van der Waals surface area contributed by atoms with E-state index in [1.54, 1.807) is 19.1 Å². The summed E-state index contributed by atoms with van der Waals surface area (Å²) in [4.78, 5) is 10.0. The van der Waals surface area contributed by atoms with Crippen molar-refractivity contribution in [3.63, 3.8) is 0 Å². The lowest BCUT2D eigenvalue weighted by Crippen LogP contribution is -1.98. The average molecular weight is 192 g/mol. The van der Waals surface area contributed by atoms with Crippen molar-refractivity contribution in [2.45, 2.75) is 6.92 Å². The summed E-state index contributed by atoms with van der Waals surface area (Å²) in [5.41, 5.74) is 0.731. The van der Waals surface area contributed by atoms with Crippen LogP contribution in [-0.4, -0.2) is 11.5 Å². The second kappa shape index (κ2) is 4.23. The molecule has 0 bridgehead atoms. The lowest BCUT2D eigenvalue weighted by Gasteiger charge is -2.03. The van der Waals surface area contributed by atoms with Gasteiger partial charge in [-0.3, -0.25) is 10.1 Å². The van der Waals surface area contributed by atoms with Crippen molar-refractivity contribution in [1.29, 1.82) is 5.26 Å². The van der Waals surface area contributed by atoms with Gasteiger partial charge in [-0.05, 0) is 18.6 Å². The Labute approximate surface area is 80.7 Å². The van der Waals surface area contributed by atoms with Crippen LogP contribution < -0.4 is 4.74 Å². The first-order chi connectivity index (χ1) is 6.65. The number of hydrogen-bond donors (Lipinski definition) is 0. The summed E-state index contributed by atoms with van der Waals surface area (Å²) in [6, 6.07) is 6.28. The molecule has 0 aliphatic carbocycles. The molecule has 72 valence electrons. The molecular formula is C9H8N2O3. The number of hydrogen-bond acceptors (Lipinski definition) is 4. The minimum Gasteiger partial charge on any atom is -0.472 e. The summed E-state index contributed by atoms with van der Waals surface area (Å²) in [7, 11) is 0. The zero-order valence-electron chi connectivity index (χ0n) is 7.56. The normalized spacial score (nSPS) is 9.14. The highest BCUT2D eigenvalue weighted by molar-refractivity contribution is 5.48. The predicted octanol–water partition coefficient (Wildman–Crippen LogP) is 1.81. The Morgan fingerprint density at radius 1 is 1.64 bits per heavy atom. The number of ether oxygens (including phenoxy) is 1. The third kappa shape index (κ3) is 2.20. The predicted molar refractivity (Wildman–Crippen MR) is 48.9 cm³/mol. The largest absolute Gasteiger partial charge is 0.472 e. The Bertz CT molecular complexity index is 396. The first-order valence-corrected chi connectivity index (χ1v) is 3.90. The van der Waals surface area contributed by atoms with Crippen LogP contribution >= 0.6 is 0 Å². The van der Waals surface area contributed by atoms with Crippen LogP contribution in [0, 0.1) is 28.4 Å². The van der Waals surface area contributed by atoms with Crippen LogP contribution in [0.25, 0.3) is 0 Å². The van der Waals surface area contributed by atoms with E-state index in [9.17, 15) is 10.1 Å². The molecule has 1 aromatic rings. The van der Waals surface area contributed by atoms with E-state index >= 15 is 0 Å². The highest BCUT2D eigenvalue weighted by Gasteiger charge is 2.14. The van der Waals surface area contributed by atoms with E-state index in [-0.39, 0.29) is 18.0 Å². The highest BCUT2D eigenvalue weighted by atomic mass is 16.6. The molecule has 0 unspecified atom stereocenters. The standard InChI is InChI=1S/C9H8N2O3/c1-7-2-3-8(11(12)13)9(6-7)14-5-4-10/h2-3,6H,5H2,1H3. The van der Waals surface area contributed by atoms with Crippen LogP contribution in [0.15, 0.2) is 18.2 Å². The maximum atomic E-state index is 10.5. The van der Waals surface area contributed by atoms with Gasteiger partial charge in [0.05, 0.1) is 4.92 Å². The van der Waals surface area contributed by atoms with E-state index in [4.69, 9.17) is 10.00 Å². The van der Waals surface area contributed by atoms with Crippen LogP contribution in [0.2, 0.25) is 0 Å². The molecular weight excluding hydrogens is 184 g/mol. The maximum absolute atomic E-state index is 10.5. The molecule has 14 heavy (non-hydrogen) atoms. The molecule has 0 aliphatic heterocycles. The number of nitriles is 1. The number of nitro benzene ring substituents is 1. The molecule has 5 heteroatoms. The molecule has 1 rings (SSSR count). The Kier molecular flexibility index (Phi) is 3.02. The summed E-state index contributed by atoms with van der Waals surface area (Å²) in [5.74, 6) is 0.136. The summed E-state index contributed by atoms with van der Waals surface area (Å²) in [6.07, 6.45) is 0. The zero-order valence-corrected chi connectivity index (χ0v) is 7.56. The minimum atomic E-state index is -0.536. The molecule has 0 atom stereocenters. The van der Waals surface area contributed by atoms with Crippen LogP contribution in [0.4, 0.5) is 5.69 Å². The van der Waals surface area contributed by atoms with Gasteiger partial charge in [0, 0.05) is 6.07 Å². The lowest BCUT2D eigenvalue weighted by atomic mass is 10.2. The first kappa shape index (κ1) is 9.99. The summed E-state index contributed by atoms with van der Waals surface area (Å²) >= 11 is 0. The number of rotatable bonds is 3. The van der Waals surface area contributed by atoms with Gasteiger partial charge in [-0.2, -0.15) is 5.26 Å². The van der Waals surface area contributed by atoms with Crippen molar-refractivity contribution >= 4 is 5.69 Å². The van der Waals surface area contributed by atoms with Crippen molar-refractivity contribution in [3.05, 3.63) is 33.9 Å². The third-order valence-electron chi connectivity index (χ3n) is 1.60. The topological polar surface area (TPSA) is 76.2 Å². The Morgan fingerprint density at radius 2 is 2.36 bits per heavy atom. The van der Waals surface area contributed by atoms with Crippen molar-refractivity contribution in [1.82, 2.24) is 0 Å². The number of nitro groups is 1. The summed E-state index contributed by atoms with van der Waals surface area (Å²) in [6.45, 7) is 1.60. The van der Waals surface area contributed by atoms with E-state index in [1.807, 2.05) is 0 Å². The van der Waals surface area contributed by atoms with E-state index in [0.717, 1.165) is 5.56 Å². The van der Waals surface area contributed by atoms with Gasteiger partial charge in [0.1, 0.15) is 6.07 Å². The average Bonchev–Trinajstić information content (AvgIpc) is 2.14. The van der Waals surface area contributed by atoms with Crippen molar-refractivity contribution in [2.24, 2.45) is 0 Å². The fourth-order valence-electron chi connectivity index (χ4n) is 0.998. The number of aryl methyl sites for hydroxylation is 1. The van der Waals surface area contributed by atoms with Gasteiger partial charge >= 0.3 is 5.69 Å². The monoisotopic (exact) mass is 192 g/mol. The summed E-state index contributed by atoms with van der Waals surface area (Å²) < 4.78 is 4.93. The van der Waals surface area contributed by atoms with Gasteiger partial charge in [-0.25, -0.2) is 0 Å². The van der Waals surface area contributed by atoms with E-state index in [1.165, 1.54) is 12.1 Å². The fraction of sp³-hybridized carbons (Fsp3) is 0.222. The maximum Gasteiger partial charge on any atom is 0.310 e. The SMILES string of the molecule is Cc1ccc([N+](=O)[O-])c(OCC#N)c1. The van der Waals surface area contributed by atoms with Crippen molar-refractivity contribution in [3.8, 4) is 11.8 Å². The molecule has 0 aromatic heterocycles. The lowest BCUT2D eigenvalue weighted by molar-refractivity contribution is -0.385. The molecule has 0 amide bonds. The Balaban J connectivity index is 3.04. The smallest absolute Gasteiger partial charge is 0.310 e. The first-order valence-electron chi connectivity index (χ1n) is 3.90. The Hall–Kier alpha value is -2.09. The fourth-order valence-corrected chi connectivity index (χ4v) is 0.998. The van der Waals surface area contributed by atoms with Crippen molar-refractivity contribution < 1.29 is 9.66 Å². The van der Waals surface area contributed by atoms with Gasteiger partial charge in [0.25, 0.3) is 0 Å². The summed E-state index contributed by atoms with van der Waals surface area (Å²) in [5, 5.41) is 18.8. The van der Waals surface area contributed by atoms with E-state index < -0.39 is 4.92 Å². The molecule has 1 aromatic carbocycles. The van der Waals surface area contributed by atoms with Crippen LogP contribution in [0.5, 0.6) is 5.75 Å².